The molecular weight excluding hydrogens is 392 g/mol. The van der Waals surface area contributed by atoms with Gasteiger partial charge in [-0.25, -0.2) is 8.78 Å². The van der Waals surface area contributed by atoms with Crippen molar-refractivity contribution in [2.24, 2.45) is 10.2 Å². The van der Waals surface area contributed by atoms with Gasteiger partial charge in [0.05, 0.1) is 19.2 Å². The zero-order valence-corrected chi connectivity index (χ0v) is 16.1. The quantitative estimate of drug-likeness (QED) is 0.348. The van der Waals surface area contributed by atoms with Crippen molar-refractivity contribution in [1.82, 2.24) is 5.32 Å². The van der Waals surface area contributed by atoms with Crippen LogP contribution in [0.15, 0.2) is 22.3 Å². The van der Waals surface area contributed by atoms with Gasteiger partial charge in [0, 0.05) is 11.6 Å². The molecule has 0 spiro atoms. The van der Waals surface area contributed by atoms with Gasteiger partial charge in [-0.3, -0.25) is 9.59 Å². The number of ether oxygens (including phenoxy) is 1. The summed E-state index contributed by atoms with van der Waals surface area (Å²) in [4.78, 5) is 22.3. The lowest BCUT2D eigenvalue weighted by Crippen LogP contribution is -2.26. The number of amides is 1. The minimum absolute atomic E-state index is 0.0775. The van der Waals surface area contributed by atoms with E-state index in [0.29, 0.717) is 6.61 Å². The number of carboxylic acids is 1. The van der Waals surface area contributed by atoms with E-state index in [9.17, 15) is 18.4 Å². The second-order valence-corrected chi connectivity index (χ2v) is 7.25. The average Bonchev–Trinajstić information content (AvgIpc) is 2.95. The van der Waals surface area contributed by atoms with Crippen molar-refractivity contribution < 1.29 is 28.2 Å². The van der Waals surface area contributed by atoms with Gasteiger partial charge in [0.1, 0.15) is 11.1 Å². The van der Waals surface area contributed by atoms with Crippen LogP contribution in [0.25, 0.3) is 0 Å². The van der Waals surface area contributed by atoms with Gasteiger partial charge < -0.3 is 15.2 Å². The van der Waals surface area contributed by atoms with Gasteiger partial charge in [0.2, 0.25) is 5.91 Å². The molecule has 0 aromatic heterocycles. The minimum Gasteiger partial charge on any atom is -0.490 e. The maximum atomic E-state index is 14.1. The molecule has 7 nitrogen and oxygen atoms in total. The van der Waals surface area contributed by atoms with Crippen molar-refractivity contribution >= 4 is 35.0 Å². The Kier molecular flexibility index (Phi) is 8.37. The van der Waals surface area contributed by atoms with Gasteiger partial charge in [-0.05, 0) is 12.5 Å². The standard InChI is InChI=1S/C18H21F2N3O4S/c1-2-3-4-5-6-27-16-11(7-12(19)8-13(16)20)10-21-23-18-22-17(26)14(28-18)9-15(24)25/h7-8,10,14H,2-6,9H2,1H3,(H,24,25)(H,22,23,26). The van der Waals surface area contributed by atoms with Crippen LogP contribution in [0.2, 0.25) is 0 Å². The van der Waals surface area contributed by atoms with Gasteiger partial charge in [-0.1, -0.05) is 37.9 Å². The molecule has 1 saturated heterocycles. The van der Waals surface area contributed by atoms with E-state index in [-0.39, 0.29) is 22.9 Å². The molecule has 1 amide bonds. The molecule has 1 fully saturated rings. The van der Waals surface area contributed by atoms with Gasteiger partial charge >= 0.3 is 5.97 Å². The van der Waals surface area contributed by atoms with Gasteiger partial charge in [-0.2, -0.15) is 5.10 Å². The van der Waals surface area contributed by atoms with E-state index in [1.807, 2.05) is 0 Å². The third kappa shape index (κ3) is 6.59. The van der Waals surface area contributed by atoms with Gasteiger partial charge in [-0.15, -0.1) is 5.10 Å². The first-order chi connectivity index (χ1) is 13.4. The van der Waals surface area contributed by atoms with E-state index < -0.39 is 28.8 Å². The molecule has 1 unspecified atom stereocenters. The Bertz CT molecular complexity index is 786. The molecular formula is C18H21F2N3O4S. The Morgan fingerprint density at radius 2 is 2.14 bits per heavy atom. The number of hydrogen-bond acceptors (Lipinski definition) is 6. The van der Waals surface area contributed by atoms with E-state index >= 15 is 0 Å². The maximum absolute atomic E-state index is 14.1. The number of carbonyl (C=O) groups is 2. The van der Waals surface area contributed by atoms with Crippen LogP contribution >= 0.6 is 11.8 Å². The zero-order chi connectivity index (χ0) is 20.5. The lowest BCUT2D eigenvalue weighted by Gasteiger charge is -2.10. The zero-order valence-electron chi connectivity index (χ0n) is 15.3. The SMILES string of the molecule is CCCCCCOc1c(F)cc(F)cc1C=NN=C1NC(=O)C(CC(=O)O)S1. The predicted molar refractivity (Wildman–Crippen MR) is 103 cm³/mol. The van der Waals surface area contributed by atoms with E-state index in [1.54, 1.807) is 0 Å². The van der Waals surface area contributed by atoms with Crippen LogP contribution in [0.1, 0.15) is 44.6 Å². The number of halogens is 2. The Morgan fingerprint density at radius 3 is 2.86 bits per heavy atom. The van der Waals surface area contributed by atoms with Crippen molar-refractivity contribution in [1.29, 1.82) is 0 Å². The highest BCUT2D eigenvalue weighted by Gasteiger charge is 2.32. The molecule has 2 rings (SSSR count). The van der Waals surface area contributed by atoms with Gasteiger partial charge in [0.15, 0.2) is 16.7 Å². The molecule has 0 saturated carbocycles. The maximum Gasteiger partial charge on any atom is 0.305 e. The predicted octanol–water partition coefficient (Wildman–Crippen LogP) is 3.32. The monoisotopic (exact) mass is 413 g/mol. The Labute approximate surface area is 165 Å². The fraction of sp³-hybridized carbons (Fsp3) is 0.444. The first-order valence-corrected chi connectivity index (χ1v) is 9.70. The number of aliphatic carboxylic acids is 1. The number of nitrogens with one attached hydrogen (secondary N) is 1. The fourth-order valence-corrected chi connectivity index (χ4v) is 3.34. The molecule has 1 aromatic carbocycles. The fourth-order valence-electron chi connectivity index (χ4n) is 2.42. The lowest BCUT2D eigenvalue weighted by atomic mass is 10.2. The highest BCUT2D eigenvalue weighted by molar-refractivity contribution is 8.15. The van der Waals surface area contributed by atoms with Crippen LogP contribution in [-0.4, -0.2) is 40.2 Å². The number of amidine groups is 1. The third-order valence-electron chi connectivity index (χ3n) is 3.76. The average molecular weight is 413 g/mol. The molecule has 0 aliphatic carbocycles. The molecule has 1 aliphatic heterocycles. The van der Waals surface area contributed by atoms with Gasteiger partial charge in [0.25, 0.3) is 0 Å². The smallest absolute Gasteiger partial charge is 0.305 e. The number of benzene rings is 1. The lowest BCUT2D eigenvalue weighted by molar-refractivity contribution is -0.138. The van der Waals surface area contributed by atoms with Crippen LogP contribution in [0, 0.1) is 11.6 Å². The molecule has 0 radical (unpaired) electrons. The normalized spacial score (nSPS) is 18.0. The number of nitrogens with zero attached hydrogens (tertiary/aromatic N) is 2. The largest absolute Gasteiger partial charge is 0.490 e. The van der Waals surface area contributed by atoms with Crippen LogP contribution in [-0.2, 0) is 9.59 Å². The van der Waals surface area contributed by atoms with E-state index in [4.69, 9.17) is 9.84 Å². The second kappa shape index (κ2) is 10.7. The number of carboxylic acid groups (broad SMARTS) is 1. The summed E-state index contributed by atoms with van der Waals surface area (Å²) in [5, 5.41) is 18.0. The number of rotatable bonds is 10. The summed E-state index contributed by atoms with van der Waals surface area (Å²) in [6.45, 7) is 2.37. The summed E-state index contributed by atoms with van der Waals surface area (Å²) < 4.78 is 33.0. The van der Waals surface area contributed by atoms with Crippen molar-refractivity contribution in [2.75, 3.05) is 6.61 Å². The molecule has 28 heavy (non-hydrogen) atoms. The topological polar surface area (TPSA) is 100 Å². The Balaban J connectivity index is 2.06. The van der Waals surface area contributed by atoms with Crippen LogP contribution in [0.4, 0.5) is 8.78 Å². The molecule has 1 heterocycles. The number of hydrogen-bond donors (Lipinski definition) is 2. The summed E-state index contributed by atoms with van der Waals surface area (Å²) in [5.41, 5.74) is 0.0775. The van der Waals surface area contributed by atoms with E-state index in [1.165, 1.54) is 0 Å². The summed E-state index contributed by atoms with van der Waals surface area (Å²) in [6.07, 6.45) is 4.59. The first-order valence-electron chi connectivity index (χ1n) is 8.83. The van der Waals surface area contributed by atoms with Crippen LogP contribution in [0.5, 0.6) is 5.75 Å². The number of thioether (sulfide) groups is 1. The highest BCUT2D eigenvalue weighted by atomic mass is 32.2. The second-order valence-electron chi connectivity index (χ2n) is 6.06. The van der Waals surface area contributed by atoms with E-state index in [0.717, 1.165) is 55.8 Å². The summed E-state index contributed by atoms with van der Waals surface area (Å²) in [5.74, 6) is -3.32. The van der Waals surface area contributed by atoms with E-state index in [2.05, 4.69) is 22.4 Å². The third-order valence-corrected chi connectivity index (χ3v) is 4.84. The Hall–Kier alpha value is -2.49. The highest BCUT2D eigenvalue weighted by Crippen LogP contribution is 2.24. The van der Waals surface area contributed by atoms with Crippen molar-refractivity contribution in [3.8, 4) is 5.75 Å². The molecule has 10 heteroatoms. The van der Waals surface area contributed by atoms with Crippen molar-refractivity contribution in [3.63, 3.8) is 0 Å². The minimum atomic E-state index is -1.10. The number of carbonyl (C=O) groups excluding carboxylic acids is 1. The molecule has 152 valence electrons. The van der Waals surface area contributed by atoms with Crippen molar-refractivity contribution in [3.05, 3.63) is 29.3 Å². The molecule has 1 aromatic rings. The summed E-state index contributed by atoms with van der Waals surface area (Å²) >= 11 is 0.930. The molecule has 0 bridgehead atoms. The molecule has 1 atom stereocenters. The molecule has 2 N–H and O–H groups in total. The first kappa shape index (κ1) is 21.8. The van der Waals surface area contributed by atoms with Crippen molar-refractivity contribution in [2.45, 2.75) is 44.3 Å². The molecule has 1 aliphatic rings. The summed E-state index contributed by atoms with van der Waals surface area (Å²) in [6, 6.07) is 1.80. The Morgan fingerprint density at radius 1 is 1.36 bits per heavy atom. The van der Waals surface area contributed by atoms with Crippen LogP contribution < -0.4 is 10.1 Å². The van der Waals surface area contributed by atoms with Crippen LogP contribution in [0.3, 0.4) is 0 Å². The summed E-state index contributed by atoms with van der Waals surface area (Å²) in [7, 11) is 0. The number of unbranched alkanes of at least 4 members (excludes halogenated alkanes) is 3.